The van der Waals surface area contributed by atoms with Gasteiger partial charge in [0.2, 0.25) is 0 Å². The van der Waals surface area contributed by atoms with Crippen LogP contribution >= 0.6 is 23.2 Å². The molecule has 4 nitrogen and oxygen atoms in total. The topological polar surface area (TPSA) is 49.0 Å². The van der Waals surface area contributed by atoms with Crippen LogP contribution in [0, 0.1) is 0 Å². The number of hydrogen-bond donors (Lipinski definition) is 1. The van der Waals surface area contributed by atoms with Crippen molar-refractivity contribution in [3.05, 3.63) is 51.8 Å². The van der Waals surface area contributed by atoms with E-state index in [1.165, 1.54) is 0 Å². The highest BCUT2D eigenvalue weighted by Crippen LogP contribution is 2.35. The Morgan fingerprint density at radius 3 is 2.90 bits per heavy atom. The maximum atomic E-state index is 12.5. The molecular formula is C14H13Cl2N3O. The second kappa shape index (κ2) is 5.46. The summed E-state index contributed by atoms with van der Waals surface area (Å²) in [5.74, 6) is -0.00711. The van der Waals surface area contributed by atoms with Crippen LogP contribution in [0.4, 0.5) is 0 Å². The minimum atomic E-state index is -0.00711. The fraction of sp³-hybridized carbons (Fsp3) is 0.286. The highest BCUT2D eigenvalue weighted by atomic mass is 35.5. The van der Waals surface area contributed by atoms with Gasteiger partial charge in [0, 0.05) is 12.7 Å². The summed E-state index contributed by atoms with van der Waals surface area (Å²) in [6.45, 7) is 0.745. The molecule has 0 saturated carbocycles. The number of hydrogen-bond acceptors (Lipinski definition) is 2. The van der Waals surface area contributed by atoms with E-state index in [1.54, 1.807) is 18.5 Å². The van der Waals surface area contributed by atoms with E-state index in [1.807, 2.05) is 17.0 Å². The average molecular weight is 310 g/mol. The third-order valence-electron chi connectivity index (χ3n) is 3.59. The van der Waals surface area contributed by atoms with E-state index in [9.17, 15) is 4.79 Å². The van der Waals surface area contributed by atoms with E-state index in [2.05, 4.69) is 10.2 Å². The summed E-state index contributed by atoms with van der Waals surface area (Å²) in [6.07, 6.45) is 5.08. The molecule has 6 heteroatoms. The molecule has 0 spiro atoms. The number of aromatic nitrogens is 2. The summed E-state index contributed by atoms with van der Waals surface area (Å²) in [4.78, 5) is 14.3. The van der Waals surface area contributed by atoms with Crippen molar-refractivity contribution < 1.29 is 4.79 Å². The first-order valence-electron chi connectivity index (χ1n) is 6.41. The number of nitrogens with one attached hydrogen (secondary N) is 1. The minimum Gasteiger partial charge on any atom is -0.332 e. The van der Waals surface area contributed by atoms with Crippen LogP contribution in [0.15, 0.2) is 30.6 Å². The number of carbonyl (C=O) groups is 1. The monoisotopic (exact) mass is 309 g/mol. The third-order valence-corrected chi connectivity index (χ3v) is 4.33. The van der Waals surface area contributed by atoms with Crippen LogP contribution in [0.25, 0.3) is 0 Å². The van der Waals surface area contributed by atoms with Crippen LogP contribution in [-0.2, 0) is 0 Å². The molecule has 3 rings (SSSR count). The molecule has 2 aromatic rings. The summed E-state index contributed by atoms with van der Waals surface area (Å²) < 4.78 is 0. The van der Waals surface area contributed by atoms with Crippen LogP contribution in [0.5, 0.6) is 0 Å². The second-order valence-electron chi connectivity index (χ2n) is 4.82. The Kier molecular flexibility index (Phi) is 3.68. The van der Waals surface area contributed by atoms with Crippen molar-refractivity contribution in [2.45, 2.75) is 18.9 Å². The number of rotatable bonds is 2. The number of benzene rings is 1. The Balaban J connectivity index is 1.88. The molecule has 1 aliphatic heterocycles. The Labute approximate surface area is 126 Å². The van der Waals surface area contributed by atoms with Crippen LogP contribution in [0.2, 0.25) is 10.0 Å². The summed E-state index contributed by atoms with van der Waals surface area (Å²) in [5, 5.41) is 7.55. The normalized spacial score (nSPS) is 18.5. The number of amides is 1. The number of H-pyrrole nitrogens is 1. The van der Waals surface area contributed by atoms with Crippen molar-refractivity contribution in [1.82, 2.24) is 15.1 Å². The standard InChI is InChI=1S/C14H13Cl2N3O/c15-11-4-3-9(6-12(11)16)13-2-1-5-19(13)14(20)10-7-17-18-8-10/h3-4,6-8,13H,1-2,5H2,(H,17,18). The van der Waals surface area contributed by atoms with Gasteiger partial charge in [-0.2, -0.15) is 5.10 Å². The van der Waals surface area contributed by atoms with E-state index in [4.69, 9.17) is 23.2 Å². The average Bonchev–Trinajstić information content (AvgIpc) is 3.11. The van der Waals surface area contributed by atoms with Crippen molar-refractivity contribution >= 4 is 29.1 Å². The second-order valence-corrected chi connectivity index (χ2v) is 5.63. The molecule has 1 unspecified atom stereocenters. The van der Waals surface area contributed by atoms with E-state index in [-0.39, 0.29) is 11.9 Å². The Hall–Kier alpha value is -1.52. The lowest BCUT2D eigenvalue weighted by Crippen LogP contribution is -2.30. The van der Waals surface area contributed by atoms with E-state index in [0.29, 0.717) is 15.6 Å². The zero-order valence-electron chi connectivity index (χ0n) is 10.6. The van der Waals surface area contributed by atoms with Gasteiger partial charge in [-0.05, 0) is 30.5 Å². The molecule has 1 aliphatic rings. The number of carbonyl (C=O) groups excluding carboxylic acids is 1. The molecule has 1 N–H and O–H groups in total. The SMILES string of the molecule is O=C(c1cn[nH]c1)N1CCCC1c1ccc(Cl)c(Cl)c1. The molecule has 0 bridgehead atoms. The quantitative estimate of drug-likeness (QED) is 0.919. The molecule has 0 aliphatic carbocycles. The van der Waals surface area contributed by atoms with Gasteiger partial charge < -0.3 is 4.90 Å². The first kappa shape index (κ1) is 13.5. The van der Waals surface area contributed by atoms with E-state index >= 15 is 0 Å². The highest BCUT2D eigenvalue weighted by molar-refractivity contribution is 6.42. The van der Waals surface area contributed by atoms with Gasteiger partial charge in [-0.1, -0.05) is 29.3 Å². The highest BCUT2D eigenvalue weighted by Gasteiger charge is 2.31. The van der Waals surface area contributed by atoms with Crippen molar-refractivity contribution in [2.24, 2.45) is 0 Å². The van der Waals surface area contributed by atoms with Gasteiger partial charge >= 0.3 is 0 Å². The molecule has 0 radical (unpaired) electrons. The first-order chi connectivity index (χ1) is 9.66. The lowest BCUT2D eigenvalue weighted by molar-refractivity contribution is 0.0736. The van der Waals surface area contributed by atoms with Crippen LogP contribution in [-0.4, -0.2) is 27.5 Å². The molecule has 1 saturated heterocycles. The molecule has 104 valence electrons. The van der Waals surface area contributed by atoms with Crippen molar-refractivity contribution in [3.63, 3.8) is 0 Å². The molecule has 1 aromatic heterocycles. The van der Waals surface area contributed by atoms with Gasteiger partial charge in [0.25, 0.3) is 5.91 Å². The summed E-state index contributed by atoms with van der Waals surface area (Å²) in [6, 6.07) is 5.60. The van der Waals surface area contributed by atoms with E-state index < -0.39 is 0 Å². The van der Waals surface area contributed by atoms with E-state index in [0.717, 1.165) is 24.9 Å². The van der Waals surface area contributed by atoms with Gasteiger partial charge in [0.15, 0.2) is 0 Å². The van der Waals surface area contributed by atoms with Gasteiger partial charge in [0.1, 0.15) is 0 Å². The first-order valence-corrected chi connectivity index (χ1v) is 7.17. The molecule has 1 aromatic carbocycles. The molecule has 1 atom stereocenters. The van der Waals surface area contributed by atoms with Gasteiger partial charge in [-0.3, -0.25) is 9.89 Å². The number of nitrogens with zero attached hydrogens (tertiary/aromatic N) is 2. The van der Waals surface area contributed by atoms with Crippen molar-refractivity contribution in [2.75, 3.05) is 6.54 Å². The molecule has 1 amide bonds. The zero-order chi connectivity index (χ0) is 14.1. The fourth-order valence-electron chi connectivity index (χ4n) is 2.61. The van der Waals surface area contributed by atoms with Crippen LogP contribution in [0.3, 0.4) is 0 Å². The fourth-order valence-corrected chi connectivity index (χ4v) is 2.92. The Morgan fingerprint density at radius 1 is 1.35 bits per heavy atom. The number of halogens is 2. The number of aromatic amines is 1. The van der Waals surface area contributed by atoms with Crippen molar-refractivity contribution in [1.29, 1.82) is 0 Å². The minimum absolute atomic E-state index is 0.00711. The molecule has 1 fully saturated rings. The van der Waals surface area contributed by atoms with Crippen LogP contribution < -0.4 is 0 Å². The number of likely N-dealkylation sites (tertiary alicyclic amines) is 1. The smallest absolute Gasteiger partial charge is 0.257 e. The van der Waals surface area contributed by atoms with Gasteiger partial charge in [0.05, 0.1) is 27.8 Å². The molecule has 2 heterocycles. The zero-order valence-corrected chi connectivity index (χ0v) is 12.2. The maximum Gasteiger partial charge on any atom is 0.257 e. The predicted molar refractivity (Wildman–Crippen MR) is 78.1 cm³/mol. The van der Waals surface area contributed by atoms with Crippen LogP contribution in [0.1, 0.15) is 34.8 Å². The predicted octanol–water partition coefficient (Wildman–Crippen LogP) is 3.69. The van der Waals surface area contributed by atoms with Gasteiger partial charge in [-0.25, -0.2) is 0 Å². The summed E-state index contributed by atoms with van der Waals surface area (Å²) in [5.41, 5.74) is 1.60. The largest absolute Gasteiger partial charge is 0.332 e. The van der Waals surface area contributed by atoms with Crippen molar-refractivity contribution in [3.8, 4) is 0 Å². The Bertz CT molecular complexity index is 627. The van der Waals surface area contributed by atoms with Gasteiger partial charge in [-0.15, -0.1) is 0 Å². The lowest BCUT2D eigenvalue weighted by atomic mass is 10.0. The lowest BCUT2D eigenvalue weighted by Gasteiger charge is -2.25. The Morgan fingerprint density at radius 2 is 2.20 bits per heavy atom. The summed E-state index contributed by atoms with van der Waals surface area (Å²) >= 11 is 12.0. The molecular weight excluding hydrogens is 297 g/mol. The molecule has 20 heavy (non-hydrogen) atoms. The maximum absolute atomic E-state index is 12.5. The third kappa shape index (κ3) is 2.41. The summed E-state index contributed by atoms with van der Waals surface area (Å²) in [7, 11) is 0.